The van der Waals surface area contributed by atoms with Crippen molar-refractivity contribution in [1.29, 1.82) is 0 Å². The molecular weight excluding hydrogens is 351 g/mol. The van der Waals surface area contributed by atoms with E-state index in [2.05, 4.69) is 22.6 Å². The van der Waals surface area contributed by atoms with E-state index < -0.39 is 0 Å². The Labute approximate surface area is 124 Å². The molecule has 0 atom stereocenters. The molecule has 2 nitrogen and oxygen atoms in total. The van der Waals surface area contributed by atoms with Crippen LogP contribution in [0, 0.1) is 10.5 Å². The summed E-state index contributed by atoms with van der Waals surface area (Å²) in [5.74, 6) is 0.320. The number of para-hydroxylation sites is 1. The Morgan fingerprint density at radius 1 is 1.11 bits per heavy atom. The molecule has 0 aliphatic rings. The van der Waals surface area contributed by atoms with Gasteiger partial charge >= 0.3 is 0 Å². The minimum Gasteiger partial charge on any atom is -0.452 e. The van der Waals surface area contributed by atoms with Crippen LogP contribution < -0.4 is 0 Å². The van der Waals surface area contributed by atoms with Crippen molar-refractivity contribution in [2.75, 3.05) is 0 Å². The fraction of sp³-hybridized carbons (Fsp3) is 0.0625. The van der Waals surface area contributed by atoms with Crippen LogP contribution >= 0.6 is 22.6 Å². The first-order valence-electron chi connectivity index (χ1n) is 5.94. The molecule has 2 aromatic carbocycles. The average Bonchev–Trinajstić information content (AvgIpc) is 2.83. The Hall–Kier alpha value is -1.62. The maximum absolute atomic E-state index is 12.4. The van der Waals surface area contributed by atoms with Gasteiger partial charge in [-0.2, -0.15) is 0 Å². The number of fused-ring (bicyclic) bond motifs is 1. The molecule has 0 radical (unpaired) electrons. The van der Waals surface area contributed by atoms with Crippen LogP contribution in [0.5, 0.6) is 0 Å². The summed E-state index contributed by atoms with van der Waals surface area (Å²) in [6.07, 6.45) is 0. The first-order valence-corrected chi connectivity index (χ1v) is 7.02. The Morgan fingerprint density at radius 2 is 1.89 bits per heavy atom. The number of hydrogen-bond donors (Lipinski definition) is 0. The number of carbonyl (C=O) groups is 1. The molecule has 0 aliphatic heterocycles. The molecule has 0 unspecified atom stereocenters. The zero-order valence-electron chi connectivity index (χ0n) is 10.3. The van der Waals surface area contributed by atoms with Crippen LogP contribution in [0.4, 0.5) is 0 Å². The van der Waals surface area contributed by atoms with Crippen molar-refractivity contribution in [3.05, 3.63) is 69.0 Å². The predicted molar refractivity (Wildman–Crippen MR) is 83.5 cm³/mol. The third-order valence-corrected chi connectivity index (χ3v) is 3.72. The molecular formula is C16H11IO2. The van der Waals surface area contributed by atoms with Crippen molar-refractivity contribution in [3.63, 3.8) is 0 Å². The fourth-order valence-electron chi connectivity index (χ4n) is 2.09. The normalized spacial score (nSPS) is 10.8. The Morgan fingerprint density at radius 3 is 2.63 bits per heavy atom. The molecule has 0 spiro atoms. The Balaban J connectivity index is 2.09. The lowest BCUT2D eigenvalue weighted by molar-refractivity contribution is 0.101. The largest absolute Gasteiger partial charge is 0.452 e. The predicted octanol–water partition coefficient (Wildman–Crippen LogP) is 4.58. The highest BCUT2D eigenvalue weighted by molar-refractivity contribution is 14.1. The molecule has 94 valence electrons. The number of halogens is 1. The number of carbonyl (C=O) groups excluding carboxylic acids is 1. The monoisotopic (exact) mass is 362 g/mol. The van der Waals surface area contributed by atoms with Gasteiger partial charge in [-0.15, -0.1) is 0 Å². The number of hydrogen-bond acceptors (Lipinski definition) is 2. The Bertz CT molecular complexity index is 771. The van der Waals surface area contributed by atoms with E-state index in [0.717, 1.165) is 20.1 Å². The third kappa shape index (κ3) is 2.30. The van der Waals surface area contributed by atoms with Crippen LogP contribution in [0.1, 0.15) is 21.7 Å². The lowest BCUT2D eigenvalue weighted by Crippen LogP contribution is -1.99. The maximum atomic E-state index is 12.4. The van der Waals surface area contributed by atoms with Crippen LogP contribution in [0.2, 0.25) is 0 Å². The smallest absolute Gasteiger partial charge is 0.228 e. The summed E-state index contributed by atoms with van der Waals surface area (Å²) in [7, 11) is 0. The van der Waals surface area contributed by atoms with Gasteiger partial charge in [-0.05, 0) is 53.3 Å². The van der Waals surface area contributed by atoms with E-state index in [1.165, 1.54) is 0 Å². The highest BCUT2D eigenvalue weighted by Gasteiger charge is 2.15. The SMILES string of the molecule is Cc1cccc2cc(C(=O)c3cccc(I)c3)oc12. The van der Waals surface area contributed by atoms with Crippen molar-refractivity contribution in [2.24, 2.45) is 0 Å². The lowest BCUT2D eigenvalue weighted by Gasteiger charge is -1.98. The van der Waals surface area contributed by atoms with Gasteiger partial charge in [0.25, 0.3) is 0 Å². The van der Waals surface area contributed by atoms with E-state index in [4.69, 9.17) is 4.42 Å². The molecule has 0 N–H and O–H groups in total. The van der Waals surface area contributed by atoms with Gasteiger partial charge in [0, 0.05) is 14.5 Å². The standard InChI is InChI=1S/C16H11IO2/c1-10-4-2-6-12-9-14(19-16(10)12)15(18)11-5-3-7-13(17)8-11/h2-9H,1H3. The van der Waals surface area contributed by atoms with E-state index in [1.807, 2.05) is 55.5 Å². The van der Waals surface area contributed by atoms with Crippen molar-refractivity contribution in [1.82, 2.24) is 0 Å². The molecule has 0 bridgehead atoms. The van der Waals surface area contributed by atoms with Gasteiger partial charge < -0.3 is 4.42 Å². The molecule has 3 rings (SSSR count). The van der Waals surface area contributed by atoms with Crippen molar-refractivity contribution >= 4 is 39.3 Å². The van der Waals surface area contributed by atoms with E-state index in [0.29, 0.717) is 11.3 Å². The van der Waals surface area contributed by atoms with Gasteiger partial charge in [-0.1, -0.05) is 30.3 Å². The van der Waals surface area contributed by atoms with Crippen molar-refractivity contribution < 1.29 is 9.21 Å². The van der Waals surface area contributed by atoms with E-state index in [9.17, 15) is 4.79 Å². The summed E-state index contributed by atoms with van der Waals surface area (Å²) in [5.41, 5.74) is 2.49. The molecule has 0 fully saturated rings. The van der Waals surface area contributed by atoms with E-state index in [1.54, 1.807) is 0 Å². The number of ketones is 1. The van der Waals surface area contributed by atoms with Crippen molar-refractivity contribution in [3.8, 4) is 0 Å². The van der Waals surface area contributed by atoms with E-state index >= 15 is 0 Å². The van der Waals surface area contributed by atoms with Gasteiger partial charge in [0.05, 0.1) is 0 Å². The molecule has 1 aromatic heterocycles. The van der Waals surface area contributed by atoms with Crippen LogP contribution in [-0.4, -0.2) is 5.78 Å². The lowest BCUT2D eigenvalue weighted by atomic mass is 10.1. The van der Waals surface area contributed by atoms with Crippen LogP contribution in [0.3, 0.4) is 0 Å². The summed E-state index contributed by atoms with van der Waals surface area (Å²) in [4.78, 5) is 12.4. The van der Waals surface area contributed by atoms with E-state index in [-0.39, 0.29) is 5.78 Å². The molecule has 0 aliphatic carbocycles. The van der Waals surface area contributed by atoms with Crippen LogP contribution in [-0.2, 0) is 0 Å². The second-order valence-electron chi connectivity index (χ2n) is 4.44. The number of rotatable bonds is 2. The van der Waals surface area contributed by atoms with Gasteiger partial charge in [-0.3, -0.25) is 4.79 Å². The summed E-state index contributed by atoms with van der Waals surface area (Å²) < 4.78 is 6.74. The zero-order chi connectivity index (χ0) is 13.4. The first kappa shape index (κ1) is 12.4. The molecule has 0 amide bonds. The quantitative estimate of drug-likeness (QED) is 0.494. The molecule has 0 saturated heterocycles. The number of benzene rings is 2. The average molecular weight is 362 g/mol. The maximum Gasteiger partial charge on any atom is 0.228 e. The number of furan rings is 1. The van der Waals surface area contributed by atoms with Crippen LogP contribution in [0.25, 0.3) is 11.0 Å². The summed E-state index contributed by atoms with van der Waals surface area (Å²) in [6.45, 7) is 1.98. The second kappa shape index (κ2) is 4.81. The van der Waals surface area contributed by atoms with Gasteiger partial charge in [0.1, 0.15) is 5.58 Å². The summed E-state index contributed by atoms with van der Waals surface area (Å²) in [6, 6.07) is 15.2. The highest BCUT2D eigenvalue weighted by Crippen LogP contribution is 2.24. The molecule has 0 saturated carbocycles. The summed E-state index contributed by atoms with van der Waals surface area (Å²) >= 11 is 2.19. The second-order valence-corrected chi connectivity index (χ2v) is 5.69. The van der Waals surface area contributed by atoms with Gasteiger partial charge in [0.2, 0.25) is 5.78 Å². The molecule has 1 heterocycles. The van der Waals surface area contributed by atoms with Crippen molar-refractivity contribution in [2.45, 2.75) is 6.92 Å². The summed E-state index contributed by atoms with van der Waals surface area (Å²) in [5, 5.41) is 0.967. The molecule has 3 heteroatoms. The first-order chi connectivity index (χ1) is 9.15. The Kier molecular flexibility index (Phi) is 3.14. The third-order valence-electron chi connectivity index (χ3n) is 3.05. The topological polar surface area (TPSA) is 30.2 Å². The minimum absolute atomic E-state index is 0.0749. The fourth-order valence-corrected chi connectivity index (χ4v) is 2.64. The molecule has 3 aromatic rings. The highest BCUT2D eigenvalue weighted by atomic mass is 127. The molecule has 19 heavy (non-hydrogen) atoms. The zero-order valence-corrected chi connectivity index (χ0v) is 12.5. The van der Waals surface area contributed by atoms with Gasteiger partial charge in [-0.25, -0.2) is 0 Å². The van der Waals surface area contributed by atoms with Crippen LogP contribution in [0.15, 0.2) is 52.9 Å². The van der Waals surface area contributed by atoms with Gasteiger partial charge in [0.15, 0.2) is 5.76 Å². The minimum atomic E-state index is -0.0749. The number of aryl methyl sites for hydroxylation is 1.